The van der Waals surface area contributed by atoms with Crippen molar-refractivity contribution < 1.29 is 9.53 Å². The summed E-state index contributed by atoms with van der Waals surface area (Å²) in [5.74, 6) is -0.174. The van der Waals surface area contributed by atoms with Crippen LogP contribution in [0.2, 0.25) is 0 Å². The molecule has 0 aromatic carbocycles. The molecule has 1 heterocycles. The van der Waals surface area contributed by atoms with Gasteiger partial charge in [-0.2, -0.15) is 0 Å². The Morgan fingerprint density at radius 3 is 2.68 bits per heavy atom. The molecule has 0 amide bonds. The molecule has 1 aliphatic rings. The van der Waals surface area contributed by atoms with Gasteiger partial charge in [-0.15, -0.1) is 0 Å². The Morgan fingerprint density at radius 2 is 2.16 bits per heavy atom. The van der Waals surface area contributed by atoms with E-state index in [4.69, 9.17) is 4.74 Å². The first-order valence-electron chi connectivity index (χ1n) is 7.19. The van der Waals surface area contributed by atoms with Gasteiger partial charge in [-0.05, 0) is 33.9 Å². The van der Waals surface area contributed by atoms with E-state index < -0.39 is 5.54 Å². The van der Waals surface area contributed by atoms with Crippen molar-refractivity contribution in [2.75, 3.05) is 46.9 Å². The van der Waals surface area contributed by atoms with Crippen molar-refractivity contribution in [3.8, 4) is 0 Å². The topological polar surface area (TPSA) is 44.8 Å². The van der Waals surface area contributed by atoms with Crippen LogP contribution in [-0.4, -0.2) is 74.2 Å². The second-order valence-corrected chi connectivity index (χ2v) is 5.83. The van der Waals surface area contributed by atoms with Crippen LogP contribution in [0.1, 0.15) is 27.2 Å². The van der Waals surface area contributed by atoms with E-state index in [1.807, 2.05) is 6.92 Å². The Morgan fingerprint density at radius 1 is 1.47 bits per heavy atom. The molecule has 1 aliphatic heterocycles. The first-order chi connectivity index (χ1) is 8.92. The Labute approximate surface area is 117 Å². The van der Waals surface area contributed by atoms with Gasteiger partial charge in [0.25, 0.3) is 0 Å². The van der Waals surface area contributed by atoms with Gasteiger partial charge < -0.3 is 15.0 Å². The molecule has 1 saturated heterocycles. The van der Waals surface area contributed by atoms with Crippen molar-refractivity contribution in [3.05, 3.63) is 0 Å². The van der Waals surface area contributed by atoms with Crippen LogP contribution in [0.3, 0.4) is 0 Å². The number of esters is 1. The number of nitrogens with one attached hydrogen (secondary N) is 1. The summed E-state index contributed by atoms with van der Waals surface area (Å²) in [4.78, 5) is 16.8. The fourth-order valence-corrected chi connectivity index (χ4v) is 2.64. The number of piperazine rings is 1. The van der Waals surface area contributed by atoms with Crippen molar-refractivity contribution in [3.63, 3.8) is 0 Å². The SMILES string of the molecule is CCCNC(C)(CN1CCN(C)CC1C)C(=O)OC. The quantitative estimate of drug-likeness (QED) is 0.715. The lowest BCUT2D eigenvalue weighted by atomic mass is 9.99. The van der Waals surface area contributed by atoms with Gasteiger partial charge in [0.15, 0.2) is 0 Å². The maximum absolute atomic E-state index is 12.1. The van der Waals surface area contributed by atoms with Crippen LogP contribution in [0, 0.1) is 0 Å². The Balaban J connectivity index is 2.68. The molecular formula is C14H29N3O2. The standard InChI is InChI=1S/C14H29N3O2/c1-6-7-15-14(3,13(18)19-5)11-17-9-8-16(4)10-12(17)2/h12,15H,6-11H2,1-5H3. The van der Waals surface area contributed by atoms with E-state index in [2.05, 4.69) is 36.0 Å². The Bertz CT molecular complexity index is 298. The lowest BCUT2D eigenvalue weighted by molar-refractivity contribution is -0.149. The van der Waals surface area contributed by atoms with Crippen LogP contribution in [0.25, 0.3) is 0 Å². The lowest BCUT2D eigenvalue weighted by Gasteiger charge is -2.42. The largest absolute Gasteiger partial charge is 0.468 e. The normalized spacial score (nSPS) is 25.0. The lowest BCUT2D eigenvalue weighted by Crippen LogP contribution is -2.62. The summed E-state index contributed by atoms with van der Waals surface area (Å²) in [6, 6.07) is 0.464. The minimum Gasteiger partial charge on any atom is -0.468 e. The van der Waals surface area contributed by atoms with Gasteiger partial charge in [0.05, 0.1) is 7.11 Å². The molecule has 0 spiro atoms. The molecule has 5 heteroatoms. The molecule has 2 unspecified atom stereocenters. The highest BCUT2D eigenvalue weighted by Crippen LogP contribution is 2.15. The number of likely N-dealkylation sites (N-methyl/N-ethyl adjacent to an activating group) is 1. The van der Waals surface area contributed by atoms with Gasteiger partial charge in [-0.3, -0.25) is 9.69 Å². The van der Waals surface area contributed by atoms with E-state index in [1.165, 1.54) is 7.11 Å². The highest BCUT2D eigenvalue weighted by Gasteiger charge is 2.37. The van der Waals surface area contributed by atoms with Gasteiger partial charge in [-0.1, -0.05) is 6.92 Å². The third-order valence-electron chi connectivity index (χ3n) is 3.89. The summed E-state index contributed by atoms with van der Waals surface area (Å²) < 4.78 is 4.97. The van der Waals surface area contributed by atoms with E-state index >= 15 is 0 Å². The third-order valence-corrected chi connectivity index (χ3v) is 3.89. The molecule has 5 nitrogen and oxygen atoms in total. The summed E-state index contributed by atoms with van der Waals surface area (Å²) in [5, 5.41) is 3.35. The molecule has 19 heavy (non-hydrogen) atoms. The van der Waals surface area contributed by atoms with Crippen molar-refractivity contribution in [2.45, 2.75) is 38.8 Å². The van der Waals surface area contributed by atoms with E-state index in [9.17, 15) is 4.79 Å². The molecule has 0 aromatic heterocycles. The van der Waals surface area contributed by atoms with Crippen LogP contribution >= 0.6 is 0 Å². The first kappa shape index (κ1) is 16.4. The first-order valence-corrected chi connectivity index (χ1v) is 7.19. The van der Waals surface area contributed by atoms with E-state index in [-0.39, 0.29) is 5.97 Å². The summed E-state index contributed by atoms with van der Waals surface area (Å²) >= 11 is 0. The number of carbonyl (C=O) groups is 1. The van der Waals surface area contributed by atoms with Gasteiger partial charge in [0, 0.05) is 32.2 Å². The number of hydrogen-bond acceptors (Lipinski definition) is 5. The van der Waals surface area contributed by atoms with Gasteiger partial charge >= 0.3 is 5.97 Å². The number of hydrogen-bond donors (Lipinski definition) is 1. The number of methoxy groups -OCH3 is 1. The van der Waals surface area contributed by atoms with E-state index in [0.717, 1.165) is 32.6 Å². The third kappa shape index (κ3) is 4.44. The Hall–Kier alpha value is -0.650. The fourth-order valence-electron chi connectivity index (χ4n) is 2.64. The molecule has 1 rings (SSSR count). The van der Waals surface area contributed by atoms with Crippen LogP contribution < -0.4 is 5.32 Å². The average Bonchev–Trinajstić information content (AvgIpc) is 2.38. The van der Waals surface area contributed by atoms with E-state index in [1.54, 1.807) is 0 Å². The van der Waals surface area contributed by atoms with E-state index in [0.29, 0.717) is 12.6 Å². The maximum Gasteiger partial charge on any atom is 0.327 e. The Kier molecular flexibility index (Phi) is 6.23. The zero-order valence-electron chi connectivity index (χ0n) is 13.0. The van der Waals surface area contributed by atoms with Crippen LogP contribution in [0.5, 0.6) is 0 Å². The van der Waals surface area contributed by atoms with Crippen molar-refractivity contribution in [1.29, 1.82) is 0 Å². The number of ether oxygens (including phenoxy) is 1. The minimum atomic E-state index is -0.616. The predicted octanol–water partition coefficient (Wildman–Crippen LogP) is 0.554. The summed E-state index contributed by atoms with van der Waals surface area (Å²) in [5.41, 5.74) is -0.616. The number of carbonyl (C=O) groups excluding carboxylic acids is 1. The maximum atomic E-state index is 12.1. The second-order valence-electron chi connectivity index (χ2n) is 5.83. The highest BCUT2D eigenvalue weighted by atomic mass is 16.5. The molecule has 2 atom stereocenters. The van der Waals surface area contributed by atoms with Gasteiger partial charge in [0.2, 0.25) is 0 Å². The number of nitrogens with zero attached hydrogens (tertiary/aromatic N) is 2. The number of rotatable bonds is 6. The van der Waals surface area contributed by atoms with Crippen LogP contribution in [0.15, 0.2) is 0 Å². The van der Waals surface area contributed by atoms with Gasteiger partial charge in [0.1, 0.15) is 5.54 Å². The summed E-state index contributed by atoms with van der Waals surface area (Å²) in [6.07, 6.45) is 1.00. The molecule has 0 radical (unpaired) electrons. The molecule has 1 N–H and O–H groups in total. The van der Waals surface area contributed by atoms with Crippen molar-refractivity contribution in [2.24, 2.45) is 0 Å². The van der Waals surface area contributed by atoms with Crippen molar-refractivity contribution in [1.82, 2.24) is 15.1 Å². The molecule has 1 fully saturated rings. The smallest absolute Gasteiger partial charge is 0.327 e. The molecule has 0 aromatic rings. The zero-order chi connectivity index (χ0) is 14.5. The zero-order valence-corrected chi connectivity index (χ0v) is 13.0. The van der Waals surface area contributed by atoms with Crippen LogP contribution in [-0.2, 0) is 9.53 Å². The highest BCUT2D eigenvalue weighted by molar-refractivity contribution is 5.80. The minimum absolute atomic E-state index is 0.174. The summed E-state index contributed by atoms with van der Waals surface area (Å²) in [7, 11) is 3.60. The van der Waals surface area contributed by atoms with Crippen LogP contribution in [0.4, 0.5) is 0 Å². The molecular weight excluding hydrogens is 242 g/mol. The molecule has 112 valence electrons. The summed E-state index contributed by atoms with van der Waals surface area (Å²) in [6.45, 7) is 10.9. The average molecular weight is 271 g/mol. The molecule has 0 saturated carbocycles. The monoisotopic (exact) mass is 271 g/mol. The molecule has 0 bridgehead atoms. The van der Waals surface area contributed by atoms with Gasteiger partial charge in [-0.25, -0.2) is 0 Å². The fraction of sp³-hybridized carbons (Fsp3) is 0.929. The second kappa shape index (κ2) is 7.22. The van der Waals surface area contributed by atoms with Crippen molar-refractivity contribution >= 4 is 5.97 Å². The molecule has 0 aliphatic carbocycles. The predicted molar refractivity (Wildman–Crippen MR) is 77.2 cm³/mol.